The summed E-state index contributed by atoms with van der Waals surface area (Å²) in [5, 5.41) is 6.40. The van der Waals surface area contributed by atoms with Gasteiger partial charge in [0.2, 0.25) is 5.95 Å². The Morgan fingerprint density at radius 1 is 1.10 bits per heavy atom. The molecule has 3 heterocycles. The van der Waals surface area contributed by atoms with Crippen molar-refractivity contribution in [3.05, 3.63) is 0 Å². The van der Waals surface area contributed by atoms with Crippen molar-refractivity contribution in [3.63, 3.8) is 0 Å². The second kappa shape index (κ2) is 10.6. The molecule has 1 unspecified atom stereocenters. The predicted octanol–water partition coefficient (Wildman–Crippen LogP) is 1.45. The monoisotopic (exact) mass is 404 g/mol. The highest BCUT2D eigenvalue weighted by atomic mass is 16.1. The number of fused-ring (bicyclic) bond motifs is 1. The fourth-order valence-corrected chi connectivity index (χ4v) is 3.92. The van der Waals surface area contributed by atoms with Gasteiger partial charge in [0.25, 0.3) is 0 Å². The molecule has 29 heavy (non-hydrogen) atoms. The topological polar surface area (TPSA) is 103 Å². The van der Waals surface area contributed by atoms with E-state index in [9.17, 15) is 4.79 Å². The Bertz CT molecular complexity index is 662. The van der Waals surface area contributed by atoms with E-state index in [1.54, 1.807) is 0 Å². The summed E-state index contributed by atoms with van der Waals surface area (Å²) in [6.45, 7) is 12.8. The number of carbonyl (C=O) groups is 1. The van der Waals surface area contributed by atoms with Crippen LogP contribution in [-0.2, 0) is 4.79 Å². The first-order valence-corrected chi connectivity index (χ1v) is 11.0. The lowest BCUT2D eigenvalue weighted by Gasteiger charge is -2.34. The Labute approximate surface area is 174 Å². The largest absolute Gasteiger partial charge is 0.382 e. The fourth-order valence-electron chi connectivity index (χ4n) is 3.92. The zero-order valence-electron chi connectivity index (χ0n) is 17.9. The minimum atomic E-state index is -0.430. The van der Waals surface area contributed by atoms with Crippen molar-refractivity contribution in [3.8, 4) is 0 Å². The van der Waals surface area contributed by atoms with Crippen LogP contribution in [0.1, 0.15) is 39.5 Å². The minimum Gasteiger partial charge on any atom is -0.382 e. The number of nitrogen functional groups attached to an aromatic ring is 1. The van der Waals surface area contributed by atoms with Gasteiger partial charge in [0, 0.05) is 39.3 Å². The highest BCUT2D eigenvalue weighted by molar-refractivity contribution is 5.88. The number of piperazine rings is 1. The molecule has 162 valence electrons. The molecule has 1 fully saturated rings. The van der Waals surface area contributed by atoms with Crippen LogP contribution in [0.25, 0.3) is 0 Å². The van der Waals surface area contributed by atoms with Crippen molar-refractivity contribution in [2.45, 2.75) is 45.7 Å². The number of nitrogens with zero attached hydrogens (tertiary/aromatic N) is 5. The van der Waals surface area contributed by atoms with Gasteiger partial charge in [0.1, 0.15) is 5.69 Å². The number of likely N-dealkylation sites (N-methyl/N-ethyl adjacent to an activating group) is 1. The van der Waals surface area contributed by atoms with Gasteiger partial charge in [0.15, 0.2) is 24.1 Å². The third kappa shape index (κ3) is 5.48. The molecule has 0 spiro atoms. The van der Waals surface area contributed by atoms with Crippen LogP contribution in [0, 0.1) is 0 Å². The first-order chi connectivity index (χ1) is 14.2. The van der Waals surface area contributed by atoms with E-state index < -0.39 is 6.17 Å². The lowest BCUT2D eigenvalue weighted by molar-refractivity contribution is -0.108. The van der Waals surface area contributed by atoms with E-state index in [0.29, 0.717) is 17.5 Å². The molecule has 9 heteroatoms. The quantitative estimate of drug-likeness (QED) is 0.373. The molecular weight excluding hydrogens is 368 g/mol. The molecule has 3 rings (SSSR count). The Morgan fingerprint density at radius 3 is 2.52 bits per heavy atom. The van der Waals surface area contributed by atoms with Crippen LogP contribution in [-0.4, -0.2) is 84.6 Å². The van der Waals surface area contributed by atoms with Crippen molar-refractivity contribution in [1.29, 1.82) is 0 Å². The second-order valence-electron chi connectivity index (χ2n) is 7.81. The van der Waals surface area contributed by atoms with E-state index >= 15 is 0 Å². The average molecular weight is 405 g/mol. The molecule has 1 atom stereocenters. The van der Waals surface area contributed by atoms with Gasteiger partial charge in [-0.25, -0.2) is 0 Å². The number of aromatic nitrogens is 2. The second-order valence-corrected chi connectivity index (χ2v) is 7.81. The molecule has 0 bridgehead atoms. The van der Waals surface area contributed by atoms with Gasteiger partial charge in [-0.05, 0) is 32.4 Å². The third-order valence-electron chi connectivity index (χ3n) is 5.80. The molecule has 4 N–H and O–H groups in total. The average Bonchev–Trinajstić information content (AvgIpc) is 3.10. The Hall–Kier alpha value is -2.13. The number of hydrogen-bond donors (Lipinski definition) is 3. The molecule has 1 saturated heterocycles. The van der Waals surface area contributed by atoms with Gasteiger partial charge in [-0.1, -0.05) is 20.3 Å². The minimum absolute atomic E-state index is 0.386. The van der Waals surface area contributed by atoms with Crippen molar-refractivity contribution < 1.29 is 4.79 Å². The van der Waals surface area contributed by atoms with Crippen molar-refractivity contribution >= 4 is 29.6 Å². The first kappa shape index (κ1) is 21.6. The van der Waals surface area contributed by atoms with E-state index in [1.807, 2.05) is 4.90 Å². The maximum atomic E-state index is 11.6. The van der Waals surface area contributed by atoms with Crippen LogP contribution < -0.4 is 21.3 Å². The number of hydrogen-bond acceptors (Lipinski definition) is 9. The highest BCUT2D eigenvalue weighted by Crippen LogP contribution is 2.36. The summed E-state index contributed by atoms with van der Waals surface area (Å²) in [6.07, 6.45) is 4.73. The molecule has 9 nitrogen and oxygen atoms in total. The van der Waals surface area contributed by atoms with Crippen LogP contribution in [0.2, 0.25) is 0 Å². The van der Waals surface area contributed by atoms with Crippen molar-refractivity contribution in [1.82, 2.24) is 19.8 Å². The van der Waals surface area contributed by atoms with Gasteiger partial charge < -0.3 is 31.1 Å². The molecular formula is C20H36N8O. The summed E-state index contributed by atoms with van der Waals surface area (Å²) in [7, 11) is 0. The van der Waals surface area contributed by atoms with Gasteiger partial charge in [-0.3, -0.25) is 4.79 Å². The molecule has 2 aliphatic rings. The number of rotatable bonds is 11. The Morgan fingerprint density at radius 2 is 1.83 bits per heavy atom. The lowest BCUT2D eigenvalue weighted by Crippen LogP contribution is -2.46. The Kier molecular flexibility index (Phi) is 7.88. The molecule has 1 aromatic heterocycles. The zero-order valence-corrected chi connectivity index (χ0v) is 17.9. The maximum absolute atomic E-state index is 11.6. The van der Waals surface area contributed by atoms with Gasteiger partial charge in [-0.2, -0.15) is 9.97 Å². The maximum Gasteiger partial charge on any atom is 0.226 e. The molecule has 2 aliphatic heterocycles. The van der Waals surface area contributed by atoms with E-state index in [1.165, 1.54) is 0 Å². The number of nitrogens with two attached hydrogens (primary N) is 1. The van der Waals surface area contributed by atoms with Crippen LogP contribution >= 0.6 is 0 Å². The third-order valence-corrected chi connectivity index (χ3v) is 5.80. The Balaban J connectivity index is 1.54. The van der Waals surface area contributed by atoms with Crippen LogP contribution in [0.15, 0.2) is 0 Å². The normalized spacial score (nSPS) is 19.8. The summed E-state index contributed by atoms with van der Waals surface area (Å²) in [6, 6.07) is 0. The van der Waals surface area contributed by atoms with Crippen molar-refractivity contribution in [2.24, 2.45) is 0 Å². The number of unbranched alkanes of at least 4 members (excludes halogenated alkanes) is 2. The molecule has 0 radical (unpaired) electrons. The van der Waals surface area contributed by atoms with Crippen LogP contribution in [0.3, 0.4) is 0 Å². The molecule has 1 aromatic rings. The molecule has 0 aliphatic carbocycles. The molecule has 0 saturated carbocycles. The number of aldehydes is 1. The lowest BCUT2D eigenvalue weighted by atomic mass is 10.2. The van der Waals surface area contributed by atoms with E-state index in [4.69, 9.17) is 5.73 Å². The number of nitrogens with one attached hydrogen (secondary N) is 2. The van der Waals surface area contributed by atoms with Crippen LogP contribution in [0.5, 0.6) is 0 Å². The highest BCUT2D eigenvalue weighted by Gasteiger charge is 2.32. The first-order valence-electron chi connectivity index (χ1n) is 11.0. The van der Waals surface area contributed by atoms with E-state index in [-0.39, 0.29) is 0 Å². The smallest absolute Gasteiger partial charge is 0.226 e. The van der Waals surface area contributed by atoms with Gasteiger partial charge in [0.05, 0.1) is 0 Å². The zero-order chi connectivity index (χ0) is 20.6. The number of anilines is 4. The summed E-state index contributed by atoms with van der Waals surface area (Å²) < 4.78 is 0. The van der Waals surface area contributed by atoms with Crippen LogP contribution in [0.4, 0.5) is 23.3 Å². The van der Waals surface area contributed by atoms with Gasteiger partial charge >= 0.3 is 0 Å². The number of carbonyl (C=O) groups excluding carboxylic acids is 1. The standard InChI is InChI=1S/C20H36N8O/c1-3-5-8-22-20-24-18(21)17-19(25-20)28(16(15-29)23-17)10-7-6-9-27-13-11-26(4-2)12-14-27/h15-16,23H,3-14H2,1-2H3,(H3,21,22,24,25). The summed E-state index contributed by atoms with van der Waals surface area (Å²) in [5.41, 5.74) is 6.79. The van der Waals surface area contributed by atoms with Crippen molar-refractivity contribution in [2.75, 3.05) is 73.6 Å². The van der Waals surface area contributed by atoms with E-state index in [2.05, 4.69) is 44.2 Å². The summed E-state index contributed by atoms with van der Waals surface area (Å²) >= 11 is 0. The summed E-state index contributed by atoms with van der Waals surface area (Å²) in [5.74, 6) is 1.64. The predicted molar refractivity (Wildman–Crippen MR) is 118 cm³/mol. The van der Waals surface area contributed by atoms with Gasteiger partial charge in [-0.15, -0.1) is 0 Å². The molecule has 0 aromatic carbocycles. The summed E-state index contributed by atoms with van der Waals surface area (Å²) in [4.78, 5) is 27.6. The fraction of sp³-hybridized carbons (Fsp3) is 0.750. The molecule has 0 amide bonds. The SMILES string of the molecule is CCCCNc1nc(N)c2c(n1)N(CCCCN1CCN(CC)CC1)C(C=O)N2. The van der Waals surface area contributed by atoms with E-state index in [0.717, 1.165) is 90.1 Å².